The molecule has 0 atom stereocenters. The molecule has 0 saturated carbocycles. The minimum Gasteiger partial charge on any atom is -0.260 e. The number of fused-ring (bicyclic) bond motifs is 1. The Bertz CT molecular complexity index is 706. The SMILES string of the molecule is Clc1ccccc1Cn1ncc2c(Cl)nccc21. The van der Waals surface area contributed by atoms with E-state index in [4.69, 9.17) is 23.2 Å². The van der Waals surface area contributed by atoms with Crippen molar-refractivity contribution in [3.63, 3.8) is 0 Å². The maximum Gasteiger partial charge on any atom is 0.139 e. The van der Waals surface area contributed by atoms with Crippen LogP contribution in [0.4, 0.5) is 0 Å². The molecule has 0 amide bonds. The molecule has 2 aromatic heterocycles. The van der Waals surface area contributed by atoms with Crippen molar-refractivity contribution < 1.29 is 0 Å². The minimum absolute atomic E-state index is 0.470. The summed E-state index contributed by atoms with van der Waals surface area (Å²) in [5.41, 5.74) is 1.98. The molecular formula is C13H9Cl2N3. The van der Waals surface area contributed by atoms with Gasteiger partial charge < -0.3 is 0 Å². The van der Waals surface area contributed by atoms with Crippen molar-refractivity contribution in [1.29, 1.82) is 0 Å². The second-order valence-electron chi connectivity index (χ2n) is 3.93. The first-order chi connectivity index (χ1) is 8.75. The van der Waals surface area contributed by atoms with Gasteiger partial charge in [-0.2, -0.15) is 5.10 Å². The number of rotatable bonds is 2. The van der Waals surface area contributed by atoms with Gasteiger partial charge in [-0.15, -0.1) is 0 Å². The lowest BCUT2D eigenvalue weighted by molar-refractivity contribution is 0.712. The van der Waals surface area contributed by atoms with Crippen molar-refractivity contribution in [2.75, 3.05) is 0 Å². The normalized spacial score (nSPS) is 11.0. The van der Waals surface area contributed by atoms with E-state index < -0.39 is 0 Å². The molecule has 0 aliphatic carbocycles. The summed E-state index contributed by atoms with van der Waals surface area (Å²) in [7, 11) is 0. The molecule has 0 bridgehead atoms. The molecule has 3 aromatic rings. The van der Waals surface area contributed by atoms with Crippen molar-refractivity contribution in [2.45, 2.75) is 6.54 Å². The molecular weight excluding hydrogens is 269 g/mol. The van der Waals surface area contributed by atoms with Crippen LogP contribution in [0.5, 0.6) is 0 Å². The van der Waals surface area contributed by atoms with Crippen molar-refractivity contribution >= 4 is 34.1 Å². The Kier molecular flexibility index (Phi) is 2.94. The monoisotopic (exact) mass is 277 g/mol. The summed E-state index contributed by atoms with van der Waals surface area (Å²) in [5, 5.41) is 6.39. The van der Waals surface area contributed by atoms with Crippen LogP contribution in [0.2, 0.25) is 10.2 Å². The molecule has 1 aromatic carbocycles. The quantitative estimate of drug-likeness (QED) is 0.668. The Balaban J connectivity index is 2.06. The summed E-state index contributed by atoms with van der Waals surface area (Å²) in [6, 6.07) is 9.62. The Labute approximate surface area is 114 Å². The van der Waals surface area contributed by atoms with E-state index in [9.17, 15) is 0 Å². The van der Waals surface area contributed by atoms with Crippen LogP contribution in [0, 0.1) is 0 Å². The molecule has 5 heteroatoms. The van der Waals surface area contributed by atoms with Crippen LogP contribution in [0.3, 0.4) is 0 Å². The van der Waals surface area contributed by atoms with E-state index in [-0.39, 0.29) is 0 Å². The summed E-state index contributed by atoms with van der Waals surface area (Å²) in [4.78, 5) is 4.03. The zero-order valence-electron chi connectivity index (χ0n) is 9.35. The third-order valence-corrected chi connectivity index (χ3v) is 3.47. The second kappa shape index (κ2) is 4.59. The van der Waals surface area contributed by atoms with Gasteiger partial charge in [0.25, 0.3) is 0 Å². The second-order valence-corrected chi connectivity index (χ2v) is 4.69. The third kappa shape index (κ3) is 1.96. The Morgan fingerprint density at radius 2 is 1.94 bits per heavy atom. The van der Waals surface area contributed by atoms with Crippen LogP contribution in [-0.2, 0) is 6.54 Å². The van der Waals surface area contributed by atoms with Crippen molar-refractivity contribution in [3.05, 3.63) is 58.5 Å². The minimum atomic E-state index is 0.470. The zero-order valence-corrected chi connectivity index (χ0v) is 10.9. The van der Waals surface area contributed by atoms with Crippen molar-refractivity contribution in [1.82, 2.24) is 14.8 Å². The Morgan fingerprint density at radius 1 is 1.11 bits per heavy atom. The molecule has 0 aliphatic heterocycles. The lowest BCUT2D eigenvalue weighted by atomic mass is 10.2. The standard InChI is InChI=1S/C13H9Cl2N3/c14-11-4-2-1-3-9(11)8-18-12-5-6-16-13(15)10(12)7-17-18/h1-7H,8H2. The highest BCUT2D eigenvalue weighted by molar-refractivity contribution is 6.34. The maximum atomic E-state index is 6.14. The molecule has 0 unspecified atom stereocenters. The lowest BCUT2D eigenvalue weighted by Gasteiger charge is -2.05. The largest absolute Gasteiger partial charge is 0.260 e. The molecule has 0 N–H and O–H groups in total. The number of hydrogen-bond donors (Lipinski definition) is 0. The first kappa shape index (κ1) is 11.5. The van der Waals surface area contributed by atoms with Crippen molar-refractivity contribution in [3.8, 4) is 0 Å². The van der Waals surface area contributed by atoms with Crippen LogP contribution >= 0.6 is 23.2 Å². The van der Waals surface area contributed by atoms with Gasteiger partial charge in [0.15, 0.2) is 0 Å². The highest BCUT2D eigenvalue weighted by Gasteiger charge is 2.08. The number of nitrogens with zero attached hydrogens (tertiary/aromatic N) is 3. The van der Waals surface area contributed by atoms with Gasteiger partial charge >= 0.3 is 0 Å². The first-order valence-corrected chi connectivity index (χ1v) is 6.21. The molecule has 0 radical (unpaired) electrons. The van der Waals surface area contributed by atoms with E-state index >= 15 is 0 Å². The number of hydrogen-bond acceptors (Lipinski definition) is 2. The molecule has 18 heavy (non-hydrogen) atoms. The number of aromatic nitrogens is 3. The van der Waals surface area contributed by atoms with E-state index in [0.29, 0.717) is 11.7 Å². The molecule has 0 aliphatic rings. The van der Waals surface area contributed by atoms with Crippen molar-refractivity contribution in [2.24, 2.45) is 0 Å². The maximum absolute atomic E-state index is 6.14. The van der Waals surface area contributed by atoms with E-state index in [2.05, 4.69) is 10.1 Å². The van der Waals surface area contributed by atoms with Gasteiger partial charge in [0.1, 0.15) is 5.15 Å². The highest BCUT2D eigenvalue weighted by Crippen LogP contribution is 2.22. The lowest BCUT2D eigenvalue weighted by Crippen LogP contribution is -2.01. The Morgan fingerprint density at radius 3 is 2.78 bits per heavy atom. The van der Waals surface area contributed by atoms with Crippen LogP contribution < -0.4 is 0 Å². The van der Waals surface area contributed by atoms with E-state index in [1.165, 1.54) is 0 Å². The summed E-state index contributed by atoms with van der Waals surface area (Å²) in [6.07, 6.45) is 3.40. The van der Waals surface area contributed by atoms with Gasteiger partial charge in [-0.25, -0.2) is 4.98 Å². The molecule has 0 saturated heterocycles. The van der Waals surface area contributed by atoms with E-state index in [0.717, 1.165) is 21.5 Å². The zero-order chi connectivity index (χ0) is 12.5. The van der Waals surface area contributed by atoms with E-state index in [1.54, 1.807) is 12.4 Å². The summed E-state index contributed by atoms with van der Waals surface area (Å²) in [6.45, 7) is 0.615. The number of halogens is 2. The summed E-state index contributed by atoms with van der Waals surface area (Å²) < 4.78 is 1.87. The average molecular weight is 278 g/mol. The molecule has 90 valence electrons. The molecule has 0 spiro atoms. The fourth-order valence-electron chi connectivity index (χ4n) is 1.89. The fraction of sp³-hybridized carbons (Fsp3) is 0.0769. The van der Waals surface area contributed by atoms with Gasteiger partial charge in [0.2, 0.25) is 0 Å². The fourth-order valence-corrected chi connectivity index (χ4v) is 2.28. The van der Waals surface area contributed by atoms with Crippen LogP contribution in [0.1, 0.15) is 5.56 Å². The molecule has 3 rings (SSSR count). The van der Waals surface area contributed by atoms with Gasteiger partial charge in [-0.3, -0.25) is 4.68 Å². The van der Waals surface area contributed by atoms with Crippen LogP contribution in [-0.4, -0.2) is 14.8 Å². The molecule has 3 nitrogen and oxygen atoms in total. The third-order valence-electron chi connectivity index (χ3n) is 2.80. The topological polar surface area (TPSA) is 30.7 Å². The molecule has 0 fully saturated rings. The predicted molar refractivity (Wildman–Crippen MR) is 73.1 cm³/mol. The van der Waals surface area contributed by atoms with Crippen LogP contribution in [0.25, 0.3) is 10.9 Å². The molecule has 2 heterocycles. The Hall–Kier alpha value is -1.58. The number of benzene rings is 1. The summed E-state index contributed by atoms with van der Waals surface area (Å²) in [5.74, 6) is 0. The van der Waals surface area contributed by atoms with Gasteiger partial charge in [-0.05, 0) is 17.7 Å². The highest BCUT2D eigenvalue weighted by atomic mass is 35.5. The summed E-state index contributed by atoms with van der Waals surface area (Å²) >= 11 is 12.2. The van der Waals surface area contributed by atoms with E-state index in [1.807, 2.05) is 35.0 Å². The van der Waals surface area contributed by atoms with Gasteiger partial charge in [0, 0.05) is 11.2 Å². The smallest absolute Gasteiger partial charge is 0.139 e. The van der Waals surface area contributed by atoms with Gasteiger partial charge in [0.05, 0.1) is 23.6 Å². The number of pyridine rings is 1. The first-order valence-electron chi connectivity index (χ1n) is 5.45. The predicted octanol–water partition coefficient (Wildman–Crippen LogP) is 3.79. The van der Waals surface area contributed by atoms with Crippen LogP contribution in [0.15, 0.2) is 42.7 Å². The van der Waals surface area contributed by atoms with Gasteiger partial charge in [-0.1, -0.05) is 41.4 Å². The average Bonchev–Trinajstić information content (AvgIpc) is 2.77.